The predicted octanol–water partition coefficient (Wildman–Crippen LogP) is 4.76. The second-order valence-corrected chi connectivity index (χ2v) is 8.73. The zero-order chi connectivity index (χ0) is 19.4. The van der Waals surface area contributed by atoms with Crippen molar-refractivity contribution < 1.29 is 4.42 Å². The summed E-state index contributed by atoms with van der Waals surface area (Å²) in [7, 11) is 2.21. The molecule has 1 aliphatic rings. The molecule has 27 heavy (non-hydrogen) atoms. The van der Waals surface area contributed by atoms with E-state index in [1.807, 2.05) is 6.92 Å². The summed E-state index contributed by atoms with van der Waals surface area (Å²) < 4.78 is 5.95. The molecule has 0 unspecified atom stereocenters. The van der Waals surface area contributed by atoms with E-state index in [0.717, 1.165) is 47.8 Å². The minimum absolute atomic E-state index is 0.738. The van der Waals surface area contributed by atoms with Gasteiger partial charge in [-0.25, -0.2) is 4.98 Å². The molecule has 0 bridgehead atoms. The molecule has 1 saturated heterocycles. The van der Waals surface area contributed by atoms with E-state index in [1.165, 1.54) is 38.0 Å². The van der Waals surface area contributed by atoms with Gasteiger partial charge in [-0.05, 0) is 70.8 Å². The van der Waals surface area contributed by atoms with Crippen LogP contribution in [0.3, 0.4) is 0 Å². The fourth-order valence-electron chi connectivity index (χ4n) is 4.11. The summed E-state index contributed by atoms with van der Waals surface area (Å²) in [5.74, 6) is 3.23. The third-order valence-electron chi connectivity index (χ3n) is 5.48. The largest absolute Gasteiger partial charge is 0.441 e. The van der Waals surface area contributed by atoms with Crippen LogP contribution >= 0.6 is 0 Å². The van der Waals surface area contributed by atoms with Crippen LogP contribution in [0.2, 0.25) is 0 Å². The van der Waals surface area contributed by atoms with Crippen LogP contribution in [0.25, 0.3) is 11.5 Å². The molecule has 2 aromatic rings. The van der Waals surface area contributed by atoms with Gasteiger partial charge in [0, 0.05) is 25.2 Å². The maximum Gasteiger partial charge on any atom is 0.226 e. The lowest BCUT2D eigenvalue weighted by atomic mass is 9.95. The van der Waals surface area contributed by atoms with Crippen LogP contribution in [0, 0.1) is 25.7 Å². The minimum atomic E-state index is 0.738. The molecule has 0 N–H and O–H groups in total. The molecule has 3 rings (SSSR count). The van der Waals surface area contributed by atoms with Crippen LogP contribution in [-0.4, -0.2) is 48.0 Å². The molecule has 4 heteroatoms. The summed E-state index contributed by atoms with van der Waals surface area (Å²) in [6, 6.07) is 8.35. The van der Waals surface area contributed by atoms with Crippen LogP contribution in [0.1, 0.15) is 43.7 Å². The standard InChI is InChI=1S/C23H35N3O/c1-17(2)14-26-11-9-20(10-12-26)15-25(5)16-22-19(4)27-23(24-22)21-8-6-7-18(3)13-21/h6-8,13,17,20H,9-12,14-16H2,1-5H3. The number of aryl methyl sites for hydroxylation is 2. The number of piperidine rings is 1. The van der Waals surface area contributed by atoms with Gasteiger partial charge >= 0.3 is 0 Å². The molecular formula is C23H35N3O. The van der Waals surface area contributed by atoms with Gasteiger partial charge < -0.3 is 14.2 Å². The first kappa shape index (κ1) is 20.1. The van der Waals surface area contributed by atoms with Crippen molar-refractivity contribution in [3.05, 3.63) is 41.3 Å². The lowest BCUT2D eigenvalue weighted by molar-refractivity contribution is 0.141. The van der Waals surface area contributed by atoms with Gasteiger partial charge in [0.1, 0.15) is 5.76 Å². The molecule has 4 nitrogen and oxygen atoms in total. The van der Waals surface area contributed by atoms with Crippen molar-refractivity contribution in [1.29, 1.82) is 0 Å². The normalized spacial score (nSPS) is 16.6. The maximum atomic E-state index is 5.95. The second kappa shape index (κ2) is 9.03. The SMILES string of the molecule is Cc1cccc(-c2nc(CN(C)CC3CCN(CC(C)C)CC3)c(C)o2)c1. The highest BCUT2D eigenvalue weighted by molar-refractivity contribution is 5.54. The highest BCUT2D eigenvalue weighted by atomic mass is 16.4. The first-order valence-corrected chi connectivity index (χ1v) is 10.3. The van der Waals surface area contributed by atoms with Crippen LogP contribution in [0.4, 0.5) is 0 Å². The average Bonchev–Trinajstić information content (AvgIpc) is 2.97. The van der Waals surface area contributed by atoms with Gasteiger partial charge in [0.05, 0.1) is 5.69 Å². The zero-order valence-electron chi connectivity index (χ0n) is 17.7. The van der Waals surface area contributed by atoms with Crippen molar-refractivity contribution in [2.45, 2.75) is 47.1 Å². The first-order chi connectivity index (χ1) is 12.9. The predicted molar refractivity (Wildman–Crippen MR) is 112 cm³/mol. The monoisotopic (exact) mass is 369 g/mol. The van der Waals surface area contributed by atoms with Crippen LogP contribution < -0.4 is 0 Å². The topological polar surface area (TPSA) is 32.5 Å². The van der Waals surface area contributed by atoms with Crippen molar-refractivity contribution in [3.63, 3.8) is 0 Å². The Morgan fingerprint density at radius 1 is 1.22 bits per heavy atom. The molecule has 1 aromatic carbocycles. The molecule has 2 heterocycles. The number of hydrogen-bond acceptors (Lipinski definition) is 4. The van der Waals surface area contributed by atoms with Crippen molar-refractivity contribution >= 4 is 0 Å². The molecular weight excluding hydrogens is 334 g/mol. The highest BCUT2D eigenvalue weighted by Crippen LogP contribution is 2.24. The van der Waals surface area contributed by atoms with Gasteiger partial charge in [0.25, 0.3) is 0 Å². The molecule has 0 spiro atoms. The molecule has 0 atom stereocenters. The van der Waals surface area contributed by atoms with E-state index in [9.17, 15) is 0 Å². The third kappa shape index (κ3) is 5.66. The van der Waals surface area contributed by atoms with E-state index in [1.54, 1.807) is 0 Å². The number of nitrogens with zero attached hydrogens (tertiary/aromatic N) is 3. The Bertz CT molecular complexity index is 729. The summed E-state index contributed by atoms with van der Waals surface area (Å²) in [5, 5.41) is 0. The summed E-state index contributed by atoms with van der Waals surface area (Å²) in [6.07, 6.45) is 2.62. The zero-order valence-corrected chi connectivity index (χ0v) is 17.7. The summed E-state index contributed by atoms with van der Waals surface area (Å²) in [4.78, 5) is 9.81. The van der Waals surface area contributed by atoms with E-state index in [0.29, 0.717) is 0 Å². The third-order valence-corrected chi connectivity index (χ3v) is 5.48. The van der Waals surface area contributed by atoms with Gasteiger partial charge in [-0.1, -0.05) is 31.5 Å². The summed E-state index contributed by atoms with van der Waals surface area (Å²) in [6.45, 7) is 14.5. The number of benzene rings is 1. The Hall–Kier alpha value is -1.65. The number of aromatic nitrogens is 1. The number of rotatable bonds is 7. The van der Waals surface area contributed by atoms with Crippen molar-refractivity contribution in [2.75, 3.05) is 33.2 Å². The van der Waals surface area contributed by atoms with E-state index in [4.69, 9.17) is 9.40 Å². The fourth-order valence-corrected chi connectivity index (χ4v) is 4.11. The van der Waals surface area contributed by atoms with E-state index >= 15 is 0 Å². The van der Waals surface area contributed by atoms with E-state index in [-0.39, 0.29) is 0 Å². The molecule has 1 aliphatic heterocycles. The Morgan fingerprint density at radius 2 is 1.96 bits per heavy atom. The van der Waals surface area contributed by atoms with Crippen molar-refractivity contribution in [2.24, 2.45) is 11.8 Å². The van der Waals surface area contributed by atoms with Gasteiger partial charge in [0.2, 0.25) is 5.89 Å². The Labute approximate surface area is 164 Å². The fraction of sp³-hybridized carbons (Fsp3) is 0.609. The quantitative estimate of drug-likeness (QED) is 0.704. The van der Waals surface area contributed by atoms with Gasteiger partial charge in [-0.2, -0.15) is 0 Å². The Balaban J connectivity index is 1.53. The lowest BCUT2D eigenvalue weighted by Crippen LogP contribution is -2.39. The molecule has 148 valence electrons. The maximum absolute atomic E-state index is 5.95. The molecule has 0 saturated carbocycles. The van der Waals surface area contributed by atoms with Crippen LogP contribution in [0.15, 0.2) is 28.7 Å². The minimum Gasteiger partial charge on any atom is -0.441 e. The lowest BCUT2D eigenvalue weighted by Gasteiger charge is -2.34. The molecule has 0 radical (unpaired) electrons. The molecule has 0 amide bonds. The Kier molecular flexibility index (Phi) is 6.72. The van der Waals surface area contributed by atoms with Crippen molar-refractivity contribution in [3.8, 4) is 11.5 Å². The Morgan fingerprint density at radius 3 is 2.63 bits per heavy atom. The highest BCUT2D eigenvalue weighted by Gasteiger charge is 2.21. The first-order valence-electron chi connectivity index (χ1n) is 10.3. The molecule has 0 aliphatic carbocycles. The average molecular weight is 370 g/mol. The second-order valence-electron chi connectivity index (χ2n) is 8.73. The number of likely N-dealkylation sites (tertiary alicyclic amines) is 1. The van der Waals surface area contributed by atoms with Gasteiger partial charge in [0.15, 0.2) is 0 Å². The van der Waals surface area contributed by atoms with Gasteiger partial charge in [-0.3, -0.25) is 0 Å². The van der Waals surface area contributed by atoms with Crippen LogP contribution in [-0.2, 0) is 6.54 Å². The summed E-state index contributed by atoms with van der Waals surface area (Å²) in [5.41, 5.74) is 3.35. The van der Waals surface area contributed by atoms with Crippen molar-refractivity contribution in [1.82, 2.24) is 14.8 Å². The van der Waals surface area contributed by atoms with Gasteiger partial charge in [-0.15, -0.1) is 0 Å². The number of hydrogen-bond donors (Lipinski definition) is 0. The molecule has 1 aromatic heterocycles. The van der Waals surface area contributed by atoms with Crippen LogP contribution in [0.5, 0.6) is 0 Å². The van der Waals surface area contributed by atoms with E-state index in [2.05, 4.69) is 61.9 Å². The summed E-state index contributed by atoms with van der Waals surface area (Å²) >= 11 is 0. The smallest absolute Gasteiger partial charge is 0.226 e. The van der Waals surface area contributed by atoms with E-state index < -0.39 is 0 Å². The number of oxazole rings is 1. The molecule has 1 fully saturated rings.